The van der Waals surface area contributed by atoms with Crippen LogP contribution in [0.5, 0.6) is 0 Å². The molecule has 2 aromatic rings. The summed E-state index contributed by atoms with van der Waals surface area (Å²) in [5.74, 6) is -1.52. The summed E-state index contributed by atoms with van der Waals surface area (Å²) in [5, 5.41) is 11.6. The molecular weight excluding hydrogens is 344 g/mol. The van der Waals surface area contributed by atoms with Crippen LogP contribution in [-0.4, -0.2) is 40.0 Å². The number of aliphatic carboxylic acids is 1. The highest BCUT2D eigenvalue weighted by atomic mass is 35.5. The molecule has 0 bridgehead atoms. The molecule has 3 heterocycles. The molecule has 1 unspecified atom stereocenters. The second-order valence-corrected chi connectivity index (χ2v) is 7.64. The lowest BCUT2D eigenvalue weighted by Gasteiger charge is -2.30. The number of hydrogen-bond acceptors (Lipinski definition) is 5. The van der Waals surface area contributed by atoms with Crippen molar-refractivity contribution in [2.45, 2.75) is 12.8 Å². The standard InChI is InChI=1S/C14H13ClN2O3S2/c15-11-4-3-10(22-11)12-16-9(7-21-12)13(18)17-5-1-2-8(6-17)14(19)20/h3-4,7-8H,1-2,5-6H2,(H,19,20). The van der Waals surface area contributed by atoms with Crippen molar-refractivity contribution in [1.82, 2.24) is 9.88 Å². The maximum Gasteiger partial charge on any atom is 0.308 e. The number of carboxylic acid groups (broad SMARTS) is 1. The third-order valence-corrected chi connectivity index (χ3v) is 5.81. The Labute approximate surface area is 140 Å². The van der Waals surface area contributed by atoms with Crippen molar-refractivity contribution < 1.29 is 14.7 Å². The Bertz CT molecular complexity index is 713. The number of thiophene rings is 1. The van der Waals surface area contributed by atoms with E-state index in [1.807, 2.05) is 6.07 Å². The Balaban J connectivity index is 1.75. The molecule has 1 N–H and O–H groups in total. The van der Waals surface area contributed by atoms with Crippen LogP contribution in [0.3, 0.4) is 0 Å². The molecule has 3 rings (SSSR count). The number of thiazole rings is 1. The van der Waals surface area contributed by atoms with E-state index in [-0.39, 0.29) is 12.5 Å². The van der Waals surface area contributed by atoms with Crippen LogP contribution in [0.1, 0.15) is 23.3 Å². The summed E-state index contributed by atoms with van der Waals surface area (Å²) < 4.78 is 0.679. The molecule has 2 aromatic heterocycles. The van der Waals surface area contributed by atoms with E-state index in [2.05, 4.69) is 4.98 Å². The number of halogens is 1. The summed E-state index contributed by atoms with van der Waals surface area (Å²) in [5.41, 5.74) is 0.371. The average molecular weight is 357 g/mol. The predicted octanol–water partition coefficient (Wildman–Crippen LogP) is 3.46. The van der Waals surface area contributed by atoms with Gasteiger partial charge >= 0.3 is 5.97 Å². The van der Waals surface area contributed by atoms with Crippen molar-refractivity contribution in [1.29, 1.82) is 0 Å². The lowest BCUT2D eigenvalue weighted by molar-refractivity contribution is -0.143. The van der Waals surface area contributed by atoms with Gasteiger partial charge in [-0.2, -0.15) is 0 Å². The van der Waals surface area contributed by atoms with Crippen LogP contribution in [-0.2, 0) is 4.79 Å². The first-order chi connectivity index (χ1) is 10.5. The summed E-state index contributed by atoms with van der Waals surface area (Å²) in [7, 11) is 0. The second kappa shape index (κ2) is 6.36. The molecule has 0 spiro atoms. The van der Waals surface area contributed by atoms with Gasteiger partial charge in [-0.3, -0.25) is 9.59 Å². The van der Waals surface area contributed by atoms with Crippen LogP contribution in [0.25, 0.3) is 9.88 Å². The summed E-state index contributed by atoms with van der Waals surface area (Å²) in [4.78, 5) is 30.4. The van der Waals surface area contributed by atoms with Gasteiger partial charge in [0.2, 0.25) is 0 Å². The van der Waals surface area contributed by atoms with Gasteiger partial charge < -0.3 is 10.0 Å². The van der Waals surface area contributed by atoms with E-state index in [4.69, 9.17) is 16.7 Å². The van der Waals surface area contributed by atoms with Crippen molar-refractivity contribution in [2.75, 3.05) is 13.1 Å². The van der Waals surface area contributed by atoms with Crippen molar-refractivity contribution in [3.05, 3.63) is 27.5 Å². The molecule has 0 aliphatic carbocycles. The number of aromatic nitrogens is 1. The molecule has 1 aliphatic heterocycles. The second-order valence-electron chi connectivity index (χ2n) is 5.07. The van der Waals surface area contributed by atoms with E-state index in [0.717, 1.165) is 9.88 Å². The molecule has 116 valence electrons. The van der Waals surface area contributed by atoms with Crippen molar-refractivity contribution in [3.8, 4) is 9.88 Å². The molecule has 0 radical (unpaired) electrons. The molecule has 0 aromatic carbocycles. The number of rotatable bonds is 3. The molecule has 8 heteroatoms. The van der Waals surface area contributed by atoms with Gasteiger partial charge in [0.05, 0.1) is 15.1 Å². The van der Waals surface area contributed by atoms with E-state index in [1.165, 1.54) is 22.7 Å². The van der Waals surface area contributed by atoms with Crippen LogP contribution in [0, 0.1) is 5.92 Å². The molecule has 1 fully saturated rings. The van der Waals surface area contributed by atoms with Crippen molar-refractivity contribution >= 4 is 46.2 Å². The highest BCUT2D eigenvalue weighted by molar-refractivity contribution is 7.23. The lowest BCUT2D eigenvalue weighted by atomic mass is 9.98. The number of likely N-dealkylation sites (tertiary alicyclic amines) is 1. The van der Waals surface area contributed by atoms with Crippen molar-refractivity contribution in [3.63, 3.8) is 0 Å². The molecule has 1 amide bonds. The monoisotopic (exact) mass is 356 g/mol. The molecule has 1 atom stereocenters. The minimum absolute atomic E-state index is 0.198. The SMILES string of the molecule is O=C(O)C1CCCN(C(=O)c2csc(-c3ccc(Cl)s3)n2)C1. The van der Waals surface area contributed by atoms with Crippen LogP contribution in [0.15, 0.2) is 17.5 Å². The predicted molar refractivity (Wildman–Crippen MR) is 86.7 cm³/mol. The Kier molecular flexibility index (Phi) is 4.46. The minimum Gasteiger partial charge on any atom is -0.481 e. The number of carboxylic acids is 1. The lowest BCUT2D eigenvalue weighted by Crippen LogP contribution is -2.42. The van der Waals surface area contributed by atoms with Gasteiger partial charge in [0.25, 0.3) is 5.91 Å². The number of carbonyl (C=O) groups excluding carboxylic acids is 1. The average Bonchev–Trinajstić information content (AvgIpc) is 3.15. The topological polar surface area (TPSA) is 70.5 Å². The quantitative estimate of drug-likeness (QED) is 0.914. The first kappa shape index (κ1) is 15.5. The van der Waals surface area contributed by atoms with E-state index in [9.17, 15) is 9.59 Å². The van der Waals surface area contributed by atoms with Gasteiger partial charge in [-0.1, -0.05) is 11.6 Å². The largest absolute Gasteiger partial charge is 0.481 e. The molecule has 5 nitrogen and oxygen atoms in total. The number of hydrogen-bond donors (Lipinski definition) is 1. The summed E-state index contributed by atoms with van der Waals surface area (Å²) in [6.45, 7) is 0.839. The maximum atomic E-state index is 12.5. The van der Waals surface area contributed by atoms with E-state index in [0.29, 0.717) is 29.4 Å². The first-order valence-electron chi connectivity index (χ1n) is 6.78. The zero-order valence-corrected chi connectivity index (χ0v) is 13.9. The third-order valence-electron chi connectivity index (χ3n) is 3.57. The Hall–Kier alpha value is -1.44. The Morgan fingerprint density at radius 1 is 1.41 bits per heavy atom. The Morgan fingerprint density at radius 3 is 2.91 bits per heavy atom. The van der Waals surface area contributed by atoms with Crippen LogP contribution in [0.2, 0.25) is 4.34 Å². The van der Waals surface area contributed by atoms with Crippen LogP contribution < -0.4 is 0 Å². The van der Waals surface area contributed by atoms with Gasteiger partial charge in [-0.15, -0.1) is 22.7 Å². The zero-order chi connectivity index (χ0) is 15.7. The van der Waals surface area contributed by atoms with Gasteiger partial charge in [-0.05, 0) is 25.0 Å². The molecule has 1 saturated heterocycles. The minimum atomic E-state index is -0.843. The van der Waals surface area contributed by atoms with E-state index < -0.39 is 11.9 Å². The van der Waals surface area contributed by atoms with Crippen LogP contribution >= 0.6 is 34.3 Å². The zero-order valence-electron chi connectivity index (χ0n) is 11.5. The van der Waals surface area contributed by atoms with Gasteiger partial charge in [0.15, 0.2) is 0 Å². The van der Waals surface area contributed by atoms with E-state index >= 15 is 0 Å². The van der Waals surface area contributed by atoms with E-state index in [1.54, 1.807) is 16.3 Å². The summed E-state index contributed by atoms with van der Waals surface area (Å²) >= 11 is 8.72. The first-order valence-corrected chi connectivity index (χ1v) is 8.85. The number of amides is 1. The van der Waals surface area contributed by atoms with Crippen LogP contribution in [0.4, 0.5) is 0 Å². The number of carbonyl (C=O) groups is 2. The molecule has 0 saturated carbocycles. The third kappa shape index (κ3) is 3.16. The smallest absolute Gasteiger partial charge is 0.308 e. The van der Waals surface area contributed by atoms with Gasteiger partial charge in [0.1, 0.15) is 10.7 Å². The highest BCUT2D eigenvalue weighted by Crippen LogP contribution is 2.33. The molecular formula is C14H13ClN2O3S2. The fraction of sp³-hybridized carbons (Fsp3) is 0.357. The molecule has 1 aliphatic rings. The molecule has 22 heavy (non-hydrogen) atoms. The van der Waals surface area contributed by atoms with Crippen molar-refractivity contribution in [2.24, 2.45) is 5.92 Å². The highest BCUT2D eigenvalue weighted by Gasteiger charge is 2.29. The normalized spacial score (nSPS) is 18.4. The number of nitrogens with zero attached hydrogens (tertiary/aromatic N) is 2. The number of piperidine rings is 1. The summed E-state index contributed by atoms with van der Waals surface area (Å²) in [6, 6.07) is 3.67. The summed E-state index contributed by atoms with van der Waals surface area (Å²) in [6.07, 6.45) is 1.33. The van der Waals surface area contributed by atoms with Gasteiger partial charge in [-0.25, -0.2) is 4.98 Å². The van der Waals surface area contributed by atoms with Gasteiger partial charge in [0, 0.05) is 18.5 Å². The maximum absolute atomic E-state index is 12.5. The Morgan fingerprint density at radius 2 is 2.23 bits per heavy atom. The fourth-order valence-corrected chi connectivity index (χ4v) is 4.35. The fourth-order valence-electron chi connectivity index (χ4n) is 2.44.